The van der Waals surface area contributed by atoms with Gasteiger partial charge in [0.05, 0.1) is 18.8 Å². The number of hydrogen-bond donors (Lipinski definition) is 1. The van der Waals surface area contributed by atoms with Gasteiger partial charge in [-0.25, -0.2) is 4.98 Å². The van der Waals surface area contributed by atoms with Gasteiger partial charge in [0.25, 0.3) is 0 Å². The fourth-order valence-electron chi connectivity index (χ4n) is 5.76. The molecule has 6 aromatic rings. The molecule has 218 valence electrons. The molecule has 0 radical (unpaired) electrons. The van der Waals surface area contributed by atoms with Gasteiger partial charge in [-0.2, -0.15) is 9.97 Å². The Morgan fingerprint density at radius 3 is 2.14 bits per heavy atom. The molecular formula is C37H37N3O3. The molecule has 0 fully saturated rings. The monoisotopic (exact) mass is 571 g/mol. The highest BCUT2D eigenvalue weighted by Crippen LogP contribution is 2.38. The molecule has 6 heteroatoms. The molecule has 0 aliphatic heterocycles. The van der Waals surface area contributed by atoms with Crippen LogP contribution in [0.4, 0.5) is 0 Å². The van der Waals surface area contributed by atoms with E-state index in [0.29, 0.717) is 42.1 Å². The molecule has 1 N–H and O–H groups in total. The predicted octanol–water partition coefficient (Wildman–Crippen LogP) is 9.36. The van der Waals surface area contributed by atoms with Crippen molar-refractivity contribution in [3.8, 4) is 40.3 Å². The second-order valence-electron chi connectivity index (χ2n) is 11.0. The molecule has 0 aliphatic rings. The molecule has 1 unspecified atom stereocenters. The maximum Gasteiger partial charge on any atom is 0.320 e. The van der Waals surface area contributed by atoms with E-state index < -0.39 is 0 Å². The van der Waals surface area contributed by atoms with Crippen molar-refractivity contribution in [2.75, 3.05) is 13.2 Å². The number of hydrogen-bond acceptors (Lipinski definition) is 6. The minimum Gasteiger partial charge on any atom is -0.507 e. The fraction of sp³-hybridized carbons (Fsp3) is 0.270. The molecule has 0 bridgehead atoms. The minimum absolute atomic E-state index is 0.0396. The first kappa shape index (κ1) is 28.4. The summed E-state index contributed by atoms with van der Waals surface area (Å²) in [4.78, 5) is 14.5. The van der Waals surface area contributed by atoms with E-state index in [1.165, 1.54) is 16.2 Å². The largest absolute Gasteiger partial charge is 0.507 e. The zero-order chi connectivity index (χ0) is 29.8. The average Bonchev–Trinajstić information content (AvgIpc) is 3.04. The summed E-state index contributed by atoms with van der Waals surface area (Å²) < 4.78 is 11.9. The van der Waals surface area contributed by atoms with Gasteiger partial charge in [-0.3, -0.25) is 0 Å². The normalized spacial score (nSPS) is 12.2. The van der Waals surface area contributed by atoms with Crippen LogP contribution >= 0.6 is 0 Å². The number of aromatic hydroxyl groups is 1. The molecule has 1 aromatic heterocycles. The smallest absolute Gasteiger partial charge is 0.320 e. The van der Waals surface area contributed by atoms with Crippen LogP contribution < -0.4 is 9.47 Å². The van der Waals surface area contributed by atoms with Crippen molar-refractivity contribution < 1.29 is 14.6 Å². The molecule has 0 aliphatic carbocycles. The van der Waals surface area contributed by atoms with E-state index in [9.17, 15) is 5.11 Å². The van der Waals surface area contributed by atoms with E-state index in [2.05, 4.69) is 74.5 Å². The Hall–Kier alpha value is -4.71. The lowest BCUT2D eigenvalue weighted by Crippen LogP contribution is -2.13. The molecule has 0 saturated carbocycles. The standard InChI is InChI=1S/C37H37N3O3/c1-4-7-12-24(5-2)23-43-37-39-35(31-20-18-26(42-6-3)21-34(31)41)38-36(40-37)33-22-32-27-14-9-8-13-25(27)17-19-30(32)28-15-10-11-16-29(28)33/h8-11,13-22,24,41H,4-7,12,23H2,1-3H3. The van der Waals surface area contributed by atoms with Crippen LogP contribution in [0.2, 0.25) is 0 Å². The van der Waals surface area contributed by atoms with Crippen molar-refractivity contribution in [2.45, 2.75) is 46.5 Å². The maximum absolute atomic E-state index is 11.0. The van der Waals surface area contributed by atoms with Gasteiger partial charge in [0.2, 0.25) is 0 Å². The van der Waals surface area contributed by atoms with Crippen molar-refractivity contribution in [1.29, 1.82) is 0 Å². The second-order valence-corrected chi connectivity index (χ2v) is 11.0. The van der Waals surface area contributed by atoms with Crippen LogP contribution in [0.25, 0.3) is 55.1 Å². The molecule has 1 atom stereocenters. The highest BCUT2D eigenvalue weighted by atomic mass is 16.5. The van der Waals surface area contributed by atoms with Gasteiger partial charge in [-0.1, -0.05) is 93.8 Å². The molecular weight excluding hydrogens is 534 g/mol. The lowest BCUT2D eigenvalue weighted by molar-refractivity contribution is 0.217. The summed E-state index contributed by atoms with van der Waals surface area (Å²) in [5.74, 6) is 1.89. The van der Waals surface area contributed by atoms with Gasteiger partial charge < -0.3 is 14.6 Å². The number of rotatable bonds is 11. The van der Waals surface area contributed by atoms with E-state index in [4.69, 9.17) is 24.4 Å². The highest BCUT2D eigenvalue weighted by Gasteiger charge is 2.19. The molecule has 0 spiro atoms. The number of unbranched alkanes of at least 4 members (excludes halogenated alkanes) is 1. The third kappa shape index (κ3) is 5.82. The summed E-state index contributed by atoms with van der Waals surface area (Å²) in [6.45, 7) is 7.34. The van der Waals surface area contributed by atoms with Crippen LogP contribution in [0.3, 0.4) is 0 Å². The number of benzene rings is 5. The predicted molar refractivity (Wildman–Crippen MR) is 175 cm³/mol. The molecule has 1 heterocycles. The number of phenolic OH excluding ortho intramolecular Hbond substituents is 1. The number of phenols is 1. The summed E-state index contributed by atoms with van der Waals surface area (Å²) in [6.07, 6.45) is 4.43. The minimum atomic E-state index is 0.0396. The van der Waals surface area contributed by atoms with Crippen molar-refractivity contribution in [3.05, 3.63) is 84.9 Å². The third-order valence-corrected chi connectivity index (χ3v) is 8.14. The molecule has 0 saturated heterocycles. The summed E-state index contributed by atoms with van der Waals surface area (Å²) in [7, 11) is 0. The van der Waals surface area contributed by atoms with Crippen LogP contribution in [-0.2, 0) is 0 Å². The summed E-state index contributed by atoms with van der Waals surface area (Å²) in [5.41, 5.74) is 1.38. The first-order valence-corrected chi connectivity index (χ1v) is 15.3. The van der Waals surface area contributed by atoms with Crippen molar-refractivity contribution in [2.24, 2.45) is 5.92 Å². The highest BCUT2D eigenvalue weighted by molar-refractivity contribution is 6.20. The van der Waals surface area contributed by atoms with E-state index in [1.807, 2.05) is 19.1 Å². The van der Waals surface area contributed by atoms with Crippen molar-refractivity contribution in [1.82, 2.24) is 15.0 Å². The van der Waals surface area contributed by atoms with Crippen LogP contribution in [-0.4, -0.2) is 33.3 Å². The fourth-order valence-corrected chi connectivity index (χ4v) is 5.76. The van der Waals surface area contributed by atoms with Crippen LogP contribution in [0.5, 0.6) is 17.5 Å². The number of fused-ring (bicyclic) bond motifs is 5. The number of aromatic nitrogens is 3. The van der Waals surface area contributed by atoms with E-state index in [0.717, 1.165) is 47.4 Å². The van der Waals surface area contributed by atoms with Gasteiger partial charge in [0, 0.05) is 11.6 Å². The first-order chi connectivity index (χ1) is 21.1. The lowest BCUT2D eigenvalue weighted by atomic mass is 9.93. The number of nitrogens with zero attached hydrogens (tertiary/aromatic N) is 3. The van der Waals surface area contributed by atoms with Crippen molar-refractivity contribution in [3.63, 3.8) is 0 Å². The van der Waals surface area contributed by atoms with Gasteiger partial charge >= 0.3 is 6.01 Å². The SMILES string of the molecule is CCCCC(CC)COc1nc(-c2ccc(OCC)cc2O)nc(-c2cc3c4ccccc4ccc3c3ccccc23)n1. The molecule has 5 aromatic carbocycles. The molecule has 0 amide bonds. The Kier molecular flexibility index (Phi) is 8.36. The maximum atomic E-state index is 11.0. The second kappa shape index (κ2) is 12.7. The Bertz CT molecular complexity index is 1900. The van der Waals surface area contributed by atoms with Gasteiger partial charge in [0.15, 0.2) is 11.6 Å². The van der Waals surface area contributed by atoms with E-state index in [1.54, 1.807) is 12.1 Å². The molecule has 6 nitrogen and oxygen atoms in total. The van der Waals surface area contributed by atoms with Crippen molar-refractivity contribution >= 4 is 32.3 Å². The topological polar surface area (TPSA) is 77.4 Å². The van der Waals surface area contributed by atoms with Gasteiger partial charge in [0.1, 0.15) is 11.5 Å². The van der Waals surface area contributed by atoms with Crippen LogP contribution in [0.1, 0.15) is 46.5 Å². The zero-order valence-corrected chi connectivity index (χ0v) is 25.0. The zero-order valence-electron chi connectivity index (χ0n) is 25.0. The first-order valence-electron chi connectivity index (χ1n) is 15.3. The van der Waals surface area contributed by atoms with Gasteiger partial charge in [-0.15, -0.1) is 0 Å². The third-order valence-electron chi connectivity index (χ3n) is 8.14. The lowest BCUT2D eigenvalue weighted by Gasteiger charge is -2.16. The Morgan fingerprint density at radius 2 is 1.40 bits per heavy atom. The Morgan fingerprint density at radius 1 is 0.674 bits per heavy atom. The summed E-state index contributed by atoms with van der Waals surface area (Å²) >= 11 is 0. The summed E-state index contributed by atoms with van der Waals surface area (Å²) in [5, 5.41) is 17.8. The molecule has 43 heavy (non-hydrogen) atoms. The van der Waals surface area contributed by atoms with E-state index >= 15 is 0 Å². The summed E-state index contributed by atoms with van der Waals surface area (Å²) in [6, 6.07) is 28.8. The Balaban J connectivity index is 1.54. The van der Waals surface area contributed by atoms with Crippen LogP contribution in [0, 0.1) is 5.92 Å². The van der Waals surface area contributed by atoms with Gasteiger partial charge in [-0.05, 0) is 69.8 Å². The average molecular weight is 572 g/mol. The number of ether oxygens (including phenoxy) is 2. The quantitative estimate of drug-likeness (QED) is 0.156. The van der Waals surface area contributed by atoms with Crippen LogP contribution in [0.15, 0.2) is 84.9 Å². The molecule has 6 rings (SSSR count). The Labute approximate surface area is 252 Å². The van der Waals surface area contributed by atoms with E-state index in [-0.39, 0.29) is 11.8 Å².